The van der Waals surface area contributed by atoms with Crippen LogP contribution in [0.25, 0.3) is 0 Å². The highest BCUT2D eigenvalue weighted by molar-refractivity contribution is 7.80. The Morgan fingerprint density at radius 3 is 2.53 bits per heavy atom. The van der Waals surface area contributed by atoms with Crippen molar-refractivity contribution in [3.63, 3.8) is 0 Å². The fourth-order valence-corrected chi connectivity index (χ4v) is 4.56. The summed E-state index contributed by atoms with van der Waals surface area (Å²) in [5, 5.41) is 6.77. The van der Waals surface area contributed by atoms with Gasteiger partial charge in [0.05, 0.1) is 11.4 Å². The maximum atomic E-state index is 13.3. The second kappa shape index (κ2) is 8.96. The van der Waals surface area contributed by atoms with Crippen LogP contribution in [0.15, 0.2) is 53.5 Å². The van der Waals surface area contributed by atoms with Gasteiger partial charge in [0.25, 0.3) is 5.91 Å². The van der Waals surface area contributed by atoms with E-state index in [1.54, 1.807) is 4.90 Å². The molecule has 1 atom stereocenters. The third kappa shape index (κ3) is 4.24. The Balaban J connectivity index is 1.64. The zero-order valence-electron chi connectivity index (χ0n) is 17.5. The van der Waals surface area contributed by atoms with Gasteiger partial charge < -0.3 is 15.5 Å². The maximum absolute atomic E-state index is 13.3. The van der Waals surface area contributed by atoms with Gasteiger partial charge in [0, 0.05) is 24.2 Å². The highest BCUT2D eigenvalue weighted by Gasteiger charge is 2.33. The van der Waals surface area contributed by atoms with Crippen LogP contribution in [0.4, 0.5) is 11.4 Å². The molecule has 0 spiro atoms. The van der Waals surface area contributed by atoms with Crippen LogP contribution in [0.5, 0.6) is 0 Å². The summed E-state index contributed by atoms with van der Waals surface area (Å²) in [6, 6.07) is 16.0. The first kappa shape index (κ1) is 20.5. The van der Waals surface area contributed by atoms with E-state index in [2.05, 4.69) is 16.7 Å². The van der Waals surface area contributed by atoms with Crippen LogP contribution >= 0.6 is 12.2 Å². The van der Waals surface area contributed by atoms with Crippen LogP contribution < -0.4 is 15.5 Å². The quantitative estimate of drug-likeness (QED) is 0.710. The number of anilines is 2. The van der Waals surface area contributed by atoms with E-state index in [1.807, 2.05) is 56.4 Å². The molecule has 1 fully saturated rings. The lowest BCUT2D eigenvalue weighted by atomic mass is 9.83. The zero-order chi connectivity index (χ0) is 21.1. The molecule has 6 heteroatoms. The number of benzodiazepines with no additional fused rings is 1. The molecule has 2 aromatic rings. The summed E-state index contributed by atoms with van der Waals surface area (Å²) in [5.41, 5.74) is 5.00. The Labute approximate surface area is 183 Å². The van der Waals surface area contributed by atoms with E-state index in [-0.39, 0.29) is 5.91 Å². The van der Waals surface area contributed by atoms with E-state index in [9.17, 15) is 4.79 Å². The molecule has 1 unspecified atom stereocenters. The van der Waals surface area contributed by atoms with Gasteiger partial charge in [-0.2, -0.15) is 0 Å². The molecule has 2 N–H and O–H groups in total. The average molecular weight is 421 g/mol. The summed E-state index contributed by atoms with van der Waals surface area (Å²) < 4.78 is 0. The Morgan fingerprint density at radius 1 is 1.07 bits per heavy atom. The molecule has 2 aromatic carbocycles. The van der Waals surface area contributed by atoms with Crippen LogP contribution in [0, 0.1) is 12.8 Å². The SMILES string of the molecule is Cc1ccccc1NC(=S)NC1N=C(C2CCCCC2)c2ccccc2N(C)C1=O. The zero-order valence-corrected chi connectivity index (χ0v) is 18.3. The molecular weight excluding hydrogens is 392 g/mol. The predicted octanol–water partition coefficient (Wildman–Crippen LogP) is 4.65. The summed E-state index contributed by atoms with van der Waals surface area (Å²) >= 11 is 5.53. The fraction of sp³-hybridized carbons (Fsp3) is 0.375. The minimum Gasteiger partial charge on any atom is -0.333 e. The number of para-hydroxylation sites is 2. The van der Waals surface area contributed by atoms with Crippen LogP contribution in [-0.2, 0) is 4.79 Å². The lowest BCUT2D eigenvalue weighted by Crippen LogP contribution is -2.47. The molecule has 156 valence electrons. The number of nitrogens with zero attached hydrogens (tertiary/aromatic N) is 2. The van der Waals surface area contributed by atoms with E-state index in [0.717, 1.165) is 41.1 Å². The van der Waals surface area contributed by atoms with E-state index in [1.165, 1.54) is 19.3 Å². The molecule has 2 aliphatic rings. The first-order chi connectivity index (χ1) is 14.5. The van der Waals surface area contributed by atoms with Gasteiger partial charge in [-0.1, -0.05) is 55.7 Å². The molecule has 1 aliphatic carbocycles. The van der Waals surface area contributed by atoms with Crippen LogP contribution in [0.2, 0.25) is 0 Å². The number of aryl methyl sites for hydroxylation is 1. The molecule has 5 nitrogen and oxygen atoms in total. The molecule has 1 aliphatic heterocycles. The number of aliphatic imine (C=N–C) groups is 1. The number of nitrogens with one attached hydrogen (secondary N) is 2. The summed E-state index contributed by atoms with van der Waals surface area (Å²) in [4.78, 5) is 19.9. The predicted molar refractivity (Wildman–Crippen MR) is 127 cm³/mol. The average Bonchev–Trinajstić information content (AvgIpc) is 2.87. The minimum atomic E-state index is -0.747. The topological polar surface area (TPSA) is 56.7 Å². The van der Waals surface area contributed by atoms with Crippen molar-refractivity contribution >= 4 is 40.3 Å². The molecule has 1 amide bonds. The van der Waals surface area contributed by atoms with Crippen molar-refractivity contribution in [3.05, 3.63) is 59.7 Å². The van der Waals surface area contributed by atoms with E-state index < -0.39 is 6.17 Å². The number of hydrogen-bond donors (Lipinski definition) is 2. The van der Waals surface area contributed by atoms with Crippen molar-refractivity contribution in [2.24, 2.45) is 10.9 Å². The highest BCUT2D eigenvalue weighted by atomic mass is 32.1. The van der Waals surface area contributed by atoms with Gasteiger partial charge in [-0.05, 0) is 49.7 Å². The van der Waals surface area contributed by atoms with Crippen molar-refractivity contribution in [3.8, 4) is 0 Å². The number of amides is 1. The molecule has 1 heterocycles. The highest BCUT2D eigenvalue weighted by Crippen LogP contribution is 2.33. The number of fused-ring (bicyclic) bond motifs is 1. The van der Waals surface area contributed by atoms with Crippen LogP contribution in [0.3, 0.4) is 0 Å². The van der Waals surface area contributed by atoms with Gasteiger partial charge in [-0.3, -0.25) is 9.79 Å². The summed E-state index contributed by atoms with van der Waals surface area (Å²) in [6.45, 7) is 2.02. The molecular formula is C24H28N4OS. The number of hydrogen-bond acceptors (Lipinski definition) is 3. The molecule has 30 heavy (non-hydrogen) atoms. The maximum Gasteiger partial charge on any atom is 0.272 e. The Bertz CT molecular complexity index is 981. The third-order valence-corrected chi connectivity index (χ3v) is 6.25. The van der Waals surface area contributed by atoms with Crippen molar-refractivity contribution in [1.29, 1.82) is 0 Å². The standard InChI is InChI=1S/C24H28N4OS/c1-16-10-6-8-14-19(16)25-24(30)27-22-23(29)28(2)20-15-9-7-13-18(20)21(26-22)17-11-4-3-5-12-17/h6-10,13-15,17,22H,3-5,11-12H2,1-2H3,(H2,25,27,30). The van der Waals surface area contributed by atoms with E-state index in [4.69, 9.17) is 17.2 Å². The third-order valence-electron chi connectivity index (χ3n) is 6.03. The smallest absolute Gasteiger partial charge is 0.272 e. The van der Waals surface area contributed by atoms with Gasteiger partial charge in [-0.15, -0.1) is 0 Å². The second-order valence-electron chi connectivity index (χ2n) is 8.08. The van der Waals surface area contributed by atoms with E-state index >= 15 is 0 Å². The van der Waals surface area contributed by atoms with Gasteiger partial charge >= 0.3 is 0 Å². The van der Waals surface area contributed by atoms with Crippen LogP contribution in [0.1, 0.15) is 43.2 Å². The van der Waals surface area contributed by atoms with Crippen LogP contribution in [-0.4, -0.2) is 29.9 Å². The molecule has 0 radical (unpaired) electrons. The summed E-state index contributed by atoms with van der Waals surface area (Å²) in [7, 11) is 1.81. The lowest BCUT2D eigenvalue weighted by molar-refractivity contribution is -0.119. The second-order valence-corrected chi connectivity index (χ2v) is 8.49. The normalized spacial score (nSPS) is 19.5. The van der Waals surface area contributed by atoms with Crippen molar-refractivity contribution in [2.45, 2.75) is 45.2 Å². The van der Waals surface area contributed by atoms with Gasteiger partial charge in [0.1, 0.15) is 0 Å². The number of benzene rings is 2. The summed E-state index contributed by atoms with van der Waals surface area (Å²) in [5.74, 6) is 0.267. The number of carbonyl (C=O) groups excluding carboxylic acids is 1. The number of likely N-dealkylation sites (N-methyl/N-ethyl adjacent to an activating group) is 1. The molecule has 0 saturated heterocycles. The molecule has 0 bridgehead atoms. The monoisotopic (exact) mass is 420 g/mol. The lowest BCUT2D eigenvalue weighted by Gasteiger charge is -2.25. The molecule has 0 aromatic heterocycles. The summed E-state index contributed by atoms with van der Waals surface area (Å²) in [6.07, 6.45) is 5.18. The fourth-order valence-electron chi connectivity index (χ4n) is 4.34. The Hall–Kier alpha value is -2.73. The van der Waals surface area contributed by atoms with Crippen molar-refractivity contribution < 1.29 is 4.79 Å². The largest absolute Gasteiger partial charge is 0.333 e. The Morgan fingerprint density at radius 2 is 1.77 bits per heavy atom. The van der Waals surface area contributed by atoms with Gasteiger partial charge in [-0.25, -0.2) is 0 Å². The van der Waals surface area contributed by atoms with Crippen molar-refractivity contribution in [1.82, 2.24) is 5.32 Å². The first-order valence-electron chi connectivity index (χ1n) is 10.6. The number of rotatable bonds is 3. The minimum absolute atomic E-state index is 0.109. The number of thiocarbonyl (C=S) groups is 1. The van der Waals surface area contributed by atoms with E-state index in [0.29, 0.717) is 11.0 Å². The number of carbonyl (C=O) groups is 1. The van der Waals surface area contributed by atoms with Crippen molar-refractivity contribution in [2.75, 3.05) is 17.3 Å². The van der Waals surface area contributed by atoms with Gasteiger partial charge in [0.15, 0.2) is 5.11 Å². The molecule has 1 saturated carbocycles. The Kier molecular flexibility index (Phi) is 6.13. The van der Waals surface area contributed by atoms with Gasteiger partial charge in [0.2, 0.25) is 6.17 Å². The first-order valence-corrected chi connectivity index (χ1v) is 11.0. The molecule has 4 rings (SSSR count).